The van der Waals surface area contributed by atoms with Crippen molar-refractivity contribution < 1.29 is 24.9 Å². The number of carbonyl (C=O) groups is 2. The molecule has 0 heterocycles. The summed E-state index contributed by atoms with van der Waals surface area (Å²) in [5.74, 6) is -2.11. The monoisotopic (exact) mass is 413 g/mol. The van der Waals surface area contributed by atoms with Crippen molar-refractivity contribution in [3.05, 3.63) is 34.9 Å². The topological polar surface area (TPSA) is 98.1 Å². The third-order valence-electron chi connectivity index (χ3n) is 5.27. The molecule has 1 saturated carbocycles. The maximum atomic E-state index is 9.72. The van der Waals surface area contributed by atoms with E-state index in [0.717, 1.165) is 10.9 Å². The van der Waals surface area contributed by atoms with Crippen molar-refractivity contribution in [2.45, 2.75) is 63.5 Å². The van der Waals surface area contributed by atoms with Gasteiger partial charge in [0.1, 0.15) is 0 Å². The third kappa shape index (κ3) is 6.76. The van der Waals surface area contributed by atoms with Gasteiger partial charge in [0.05, 0.1) is 6.42 Å². The minimum atomic E-state index is -1.79. The highest BCUT2D eigenvalue weighted by molar-refractivity contribution is 6.30. The summed E-state index contributed by atoms with van der Waals surface area (Å²) in [7, 11) is 4.45. The van der Waals surface area contributed by atoms with Crippen LogP contribution in [0.1, 0.15) is 51.5 Å². The van der Waals surface area contributed by atoms with Gasteiger partial charge in [-0.15, -0.1) is 0 Å². The summed E-state index contributed by atoms with van der Waals surface area (Å²) >= 11 is 6.04. The first kappa shape index (κ1) is 24.4. The highest BCUT2D eigenvalue weighted by Gasteiger charge is 2.46. The van der Waals surface area contributed by atoms with Crippen LogP contribution in [0.2, 0.25) is 5.02 Å². The first-order valence-corrected chi connectivity index (χ1v) is 9.92. The standard InChI is InChI=1S/C17H26ClN.C4H6O5/c1-13(2)12-16(19(3)4)17(10-5-11-17)14-6-8-15(18)9-7-14;5-2(4(8)9)1-3(6)7/h6-9,13,16H,5,10-12H2,1-4H3;2,5H,1H2,(H,6,7)(H,8,9). The zero-order valence-corrected chi connectivity index (χ0v) is 17.8. The number of aliphatic hydroxyl groups excluding tert-OH is 1. The number of aliphatic hydroxyl groups is 1. The summed E-state index contributed by atoms with van der Waals surface area (Å²) in [5.41, 5.74) is 1.82. The van der Waals surface area contributed by atoms with E-state index in [-0.39, 0.29) is 0 Å². The van der Waals surface area contributed by atoms with E-state index in [1.54, 1.807) is 0 Å². The molecule has 1 aliphatic rings. The minimum Gasteiger partial charge on any atom is -0.481 e. The second-order valence-electron chi connectivity index (χ2n) is 8.08. The number of carboxylic acid groups (broad SMARTS) is 2. The van der Waals surface area contributed by atoms with Crippen molar-refractivity contribution in [1.82, 2.24) is 4.90 Å². The average Bonchev–Trinajstić information content (AvgIpc) is 2.54. The smallest absolute Gasteiger partial charge is 0.333 e. The predicted octanol–water partition coefficient (Wildman–Crippen LogP) is 3.64. The van der Waals surface area contributed by atoms with Gasteiger partial charge < -0.3 is 20.2 Å². The third-order valence-corrected chi connectivity index (χ3v) is 5.53. The van der Waals surface area contributed by atoms with E-state index >= 15 is 0 Å². The maximum Gasteiger partial charge on any atom is 0.333 e. The van der Waals surface area contributed by atoms with Crippen LogP contribution >= 0.6 is 11.6 Å². The molecule has 2 atom stereocenters. The van der Waals surface area contributed by atoms with Gasteiger partial charge in [-0.3, -0.25) is 4.79 Å². The maximum absolute atomic E-state index is 9.72. The minimum absolute atomic E-state index is 0.346. The van der Waals surface area contributed by atoms with Gasteiger partial charge in [-0.2, -0.15) is 0 Å². The number of likely N-dealkylation sites (N-methyl/N-ethyl adjacent to an activating group) is 1. The van der Waals surface area contributed by atoms with E-state index in [9.17, 15) is 9.59 Å². The van der Waals surface area contributed by atoms with Crippen LogP contribution in [0.3, 0.4) is 0 Å². The SMILES string of the molecule is CC(C)CC(N(C)C)C1(c2ccc(Cl)cc2)CCC1.O=C(O)CC(O)C(=O)O. The fourth-order valence-electron chi connectivity index (χ4n) is 3.78. The molecule has 1 aliphatic carbocycles. The zero-order valence-electron chi connectivity index (χ0n) is 17.1. The largest absolute Gasteiger partial charge is 0.481 e. The second kappa shape index (κ2) is 10.8. The van der Waals surface area contributed by atoms with Crippen LogP contribution in [0.5, 0.6) is 0 Å². The molecule has 2 rings (SSSR count). The highest BCUT2D eigenvalue weighted by Crippen LogP contribution is 2.49. The van der Waals surface area contributed by atoms with Gasteiger partial charge >= 0.3 is 11.9 Å². The number of aliphatic carboxylic acids is 2. The Hall–Kier alpha value is -1.63. The molecule has 6 nitrogen and oxygen atoms in total. The van der Waals surface area contributed by atoms with Gasteiger partial charge in [0.15, 0.2) is 6.10 Å². The molecule has 2 unspecified atom stereocenters. The number of carboxylic acids is 2. The number of hydrogen-bond donors (Lipinski definition) is 3. The number of hydrogen-bond acceptors (Lipinski definition) is 4. The van der Waals surface area contributed by atoms with Crippen molar-refractivity contribution >= 4 is 23.5 Å². The zero-order chi connectivity index (χ0) is 21.5. The molecule has 1 aromatic carbocycles. The Labute approximate surface area is 172 Å². The van der Waals surface area contributed by atoms with Gasteiger partial charge in [-0.05, 0) is 57.0 Å². The number of halogens is 1. The van der Waals surface area contributed by atoms with Crippen molar-refractivity contribution in [3.63, 3.8) is 0 Å². The summed E-state index contributed by atoms with van der Waals surface area (Å²) in [6.45, 7) is 4.65. The fourth-order valence-corrected chi connectivity index (χ4v) is 3.91. The molecule has 0 aromatic heterocycles. The fraction of sp³-hybridized carbons (Fsp3) is 0.619. The molecular formula is C21H32ClNO5. The molecule has 28 heavy (non-hydrogen) atoms. The van der Waals surface area contributed by atoms with Crippen LogP contribution in [0.4, 0.5) is 0 Å². The van der Waals surface area contributed by atoms with E-state index in [2.05, 4.69) is 45.0 Å². The van der Waals surface area contributed by atoms with Crippen LogP contribution in [-0.2, 0) is 15.0 Å². The van der Waals surface area contributed by atoms with Gasteiger partial charge in [0.2, 0.25) is 0 Å². The number of nitrogens with zero attached hydrogens (tertiary/aromatic N) is 1. The molecule has 0 spiro atoms. The van der Waals surface area contributed by atoms with Crippen LogP contribution < -0.4 is 0 Å². The van der Waals surface area contributed by atoms with Crippen molar-refractivity contribution in [2.24, 2.45) is 5.92 Å². The Morgan fingerprint density at radius 1 is 1.14 bits per heavy atom. The lowest BCUT2D eigenvalue weighted by Gasteiger charge is -2.51. The average molecular weight is 414 g/mol. The molecule has 3 N–H and O–H groups in total. The van der Waals surface area contributed by atoms with Gasteiger partial charge in [-0.25, -0.2) is 4.79 Å². The molecule has 0 bridgehead atoms. The van der Waals surface area contributed by atoms with E-state index in [4.69, 9.17) is 26.9 Å². The van der Waals surface area contributed by atoms with Crippen molar-refractivity contribution in [3.8, 4) is 0 Å². The van der Waals surface area contributed by atoms with Crippen LogP contribution in [0, 0.1) is 5.92 Å². The Kier molecular flexibility index (Phi) is 9.40. The highest BCUT2D eigenvalue weighted by atomic mass is 35.5. The Morgan fingerprint density at radius 2 is 1.68 bits per heavy atom. The summed E-state index contributed by atoms with van der Waals surface area (Å²) in [5, 5.41) is 25.0. The van der Waals surface area contributed by atoms with Crippen molar-refractivity contribution in [1.29, 1.82) is 0 Å². The number of rotatable bonds is 8. The lowest BCUT2D eigenvalue weighted by atomic mass is 9.58. The van der Waals surface area contributed by atoms with E-state index < -0.39 is 24.5 Å². The first-order valence-electron chi connectivity index (χ1n) is 9.54. The summed E-state index contributed by atoms with van der Waals surface area (Å²) in [4.78, 5) is 21.8. The van der Waals surface area contributed by atoms with Crippen LogP contribution in [-0.4, -0.2) is 58.4 Å². The molecular weight excluding hydrogens is 382 g/mol. The molecule has 7 heteroatoms. The van der Waals surface area contributed by atoms with E-state index in [0.29, 0.717) is 11.5 Å². The lowest BCUT2D eigenvalue weighted by molar-refractivity contribution is -0.152. The molecule has 158 valence electrons. The Balaban J connectivity index is 0.000000370. The summed E-state index contributed by atoms with van der Waals surface area (Å²) in [6, 6.07) is 9.18. The Bertz CT molecular complexity index is 641. The normalized spacial score (nSPS) is 17.3. The predicted molar refractivity (Wildman–Crippen MR) is 110 cm³/mol. The van der Waals surface area contributed by atoms with Crippen LogP contribution in [0.25, 0.3) is 0 Å². The molecule has 1 fully saturated rings. The van der Waals surface area contributed by atoms with E-state index in [1.807, 2.05) is 12.1 Å². The first-order chi connectivity index (χ1) is 13.0. The second-order valence-corrected chi connectivity index (χ2v) is 8.51. The van der Waals surface area contributed by atoms with Gasteiger partial charge in [-0.1, -0.05) is 44.0 Å². The molecule has 1 aromatic rings. The summed E-state index contributed by atoms with van der Waals surface area (Å²) in [6.07, 6.45) is 2.69. The molecule has 0 amide bonds. The number of benzene rings is 1. The van der Waals surface area contributed by atoms with Crippen LogP contribution in [0.15, 0.2) is 24.3 Å². The van der Waals surface area contributed by atoms with Gasteiger partial charge in [0.25, 0.3) is 0 Å². The quantitative estimate of drug-likeness (QED) is 0.601. The Morgan fingerprint density at radius 3 is 1.96 bits per heavy atom. The van der Waals surface area contributed by atoms with Gasteiger partial charge in [0, 0.05) is 16.5 Å². The summed E-state index contributed by atoms with van der Waals surface area (Å²) < 4.78 is 0. The lowest BCUT2D eigenvalue weighted by Crippen LogP contribution is -2.52. The molecule has 0 saturated heterocycles. The molecule has 0 radical (unpaired) electrons. The molecule has 0 aliphatic heterocycles. The van der Waals surface area contributed by atoms with E-state index in [1.165, 1.54) is 31.2 Å². The van der Waals surface area contributed by atoms with Crippen molar-refractivity contribution in [2.75, 3.05) is 14.1 Å².